The average molecular weight is 292 g/mol. The normalized spacial score (nSPS) is 12.8. The van der Waals surface area contributed by atoms with Crippen molar-refractivity contribution < 1.29 is 19.7 Å². The van der Waals surface area contributed by atoms with Gasteiger partial charge in [-0.3, -0.25) is 9.69 Å². The third-order valence-electron chi connectivity index (χ3n) is 3.65. The first kappa shape index (κ1) is 15.3. The lowest BCUT2D eigenvalue weighted by molar-refractivity contribution is -0.143. The molecule has 0 bridgehead atoms. The Morgan fingerprint density at radius 2 is 2.19 bits per heavy atom. The van der Waals surface area contributed by atoms with Crippen LogP contribution in [0.4, 0.5) is 0 Å². The third-order valence-corrected chi connectivity index (χ3v) is 3.65. The second kappa shape index (κ2) is 6.15. The van der Waals surface area contributed by atoms with E-state index in [4.69, 9.17) is 9.84 Å². The van der Waals surface area contributed by atoms with Crippen LogP contribution in [0.2, 0.25) is 0 Å². The number of methoxy groups -OCH3 is 1. The van der Waals surface area contributed by atoms with Crippen LogP contribution in [0.15, 0.2) is 24.4 Å². The molecule has 21 heavy (non-hydrogen) atoms. The van der Waals surface area contributed by atoms with Crippen molar-refractivity contribution in [3.63, 3.8) is 0 Å². The predicted octanol–water partition coefficient (Wildman–Crippen LogP) is 1.24. The number of hydrogen-bond donors (Lipinski definition) is 2. The molecule has 0 saturated carbocycles. The van der Waals surface area contributed by atoms with Gasteiger partial charge in [-0.05, 0) is 25.2 Å². The molecule has 0 saturated heterocycles. The van der Waals surface area contributed by atoms with Gasteiger partial charge >= 0.3 is 5.97 Å². The van der Waals surface area contributed by atoms with Crippen LogP contribution in [0.1, 0.15) is 11.6 Å². The van der Waals surface area contributed by atoms with Gasteiger partial charge < -0.3 is 19.5 Å². The number of hydrogen-bond acceptors (Lipinski definition) is 4. The number of rotatable bonds is 6. The molecule has 1 heterocycles. The van der Waals surface area contributed by atoms with Crippen LogP contribution >= 0.6 is 0 Å². The first-order valence-corrected chi connectivity index (χ1v) is 6.66. The Balaban J connectivity index is 2.59. The molecule has 2 aromatic rings. The summed E-state index contributed by atoms with van der Waals surface area (Å²) >= 11 is 0. The molecule has 114 valence electrons. The quantitative estimate of drug-likeness (QED) is 0.838. The van der Waals surface area contributed by atoms with E-state index in [0.29, 0.717) is 11.3 Å². The van der Waals surface area contributed by atoms with Crippen molar-refractivity contribution in [2.24, 2.45) is 7.05 Å². The second-order valence-electron chi connectivity index (χ2n) is 5.02. The number of aryl methyl sites for hydroxylation is 1. The number of benzene rings is 1. The number of carboxylic acid groups (broad SMARTS) is 1. The zero-order chi connectivity index (χ0) is 15.6. The smallest absolute Gasteiger partial charge is 0.325 e. The van der Waals surface area contributed by atoms with Gasteiger partial charge in [-0.25, -0.2) is 0 Å². The fourth-order valence-corrected chi connectivity index (χ4v) is 2.59. The lowest BCUT2D eigenvalue weighted by Crippen LogP contribution is -2.32. The van der Waals surface area contributed by atoms with Gasteiger partial charge in [0.15, 0.2) is 0 Å². The third kappa shape index (κ3) is 2.86. The maximum atomic E-state index is 11.7. The molecular weight excluding hydrogens is 272 g/mol. The molecule has 0 aliphatic heterocycles. The van der Waals surface area contributed by atoms with Crippen molar-refractivity contribution in [2.75, 3.05) is 27.3 Å². The summed E-state index contributed by atoms with van der Waals surface area (Å²) in [5, 5.41) is 19.5. The number of carbonyl (C=O) groups is 1. The van der Waals surface area contributed by atoms with Crippen molar-refractivity contribution in [1.82, 2.24) is 9.47 Å². The van der Waals surface area contributed by atoms with E-state index < -0.39 is 12.0 Å². The van der Waals surface area contributed by atoms with Crippen LogP contribution < -0.4 is 4.74 Å². The SMILES string of the molecule is COc1ccc2c(c1)c(C(C(=O)O)N(C)CCO)cn2C. The van der Waals surface area contributed by atoms with E-state index in [1.165, 1.54) is 0 Å². The molecule has 1 aromatic carbocycles. The molecule has 1 atom stereocenters. The predicted molar refractivity (Wildman–Crippen MR) is 79.6 cm³/mol. The maximum Gasteiger partial charge on any atom is 0.325 e. The van der Waals surface area contributed by atoms with Crippen LogP contribution in [0, 0.1) is 0 Å². The number of ether oxygens (including phenoxy) is 1. The van der Waals surface area contributed by atoms with Gasteiger partial charge in [0.1, 0.15) is 11.8 Å². The first-order chi connectivity index (χ1) is 9.99. The lowest BCUT2D eigenvalue weighted by atomic mass is 10.0. The monoisotopic (exact) mass is 292 g/mol. The largest absolute Gasteiger partial charge is 0.497 e. The van der Waals surface area contributed by atoms with Crippen molar-refractivity contribution in [3.05, 3.63) is 30.0 Å². The molecule has 0 fully saturated rings. The number of aliphatic carboxylic acids is 1. The summed E-state index contributed by atoms with van der Waals surface area (Å²) in [4.78, 5) is 13.3. The number of likely N-dealkylation sites (N-methyl/N-ethyl adjacent to an activating group) is 1. The number of carboxylic acids is 1. The van der Waals surface area contributed by atoms with Crippen LogP contribution in [0.3, 0.4) is 0 Å². The Morgan fingerprint density at radius 1 is 1.48 bits per heavy atom. The zero-order valence-corrected chi connectivity index (χ0v) is 12.4. The standard InChI is InChI=1S/C15H20N2O4/c1-16(6-7-18)14(15(19)20)12-9-17(2)13-5-4-10(21-3)8-11(12)13/h4-5,8-9,14,18H,6-7H2,1-3H3,(H,19,20). The molecule has 2 N–H and O–H groups in total. The van der Waals surface area contributed by atoms with Crippen LogP contribution in [0.5, 0.6) is 5.75 Å². The highest BCUT2D eigenvalue weighted by atomic mass is 16.5. The summed E-state index contributed by atoms with van der Waals surface area (Å²) in [6.07, 6.45) is 1.82. The summed E-state index contributed by atoms with van der Waals surface area (Å²) in [5.41, 5.74) is 1.63. The molecular formula is C15H20N2O4. The van der Waals surface area contributed by atoms with E-state index in [0.717, 1.165) is 10.9 Å². The van der Waals surface area contributed by atoms with Gasteiger partial charge in [0.25, 0.3) is 0 Å². The average Bonchev–Trinajstić information content (AvgIpc) is 2.75. The molecule has 6 nitrogen and oxygen atoms in total. The molecule has 0 aliphatic carbocycles. The van der Waals surface area contributed by atoms with Crippen LogP contribution in [-0.4, -0.2) is 53.0 Å². The number of nitrogens with zero attached hydrogens (tertiary/aromatic N) is 2. The van der Waals surface area contributed by atoms with Gasteiger partial charge in [0.05, 0.1) is 13.7 Å². The number of fused-ring (bicyclic) bond motifs is 1. The Labute approximate surface area is 123 Å². The zero-order valence-electron chi connectivity index (χ0n) is 12.4. The Kier molecular flexibility index (Phi) is 4.50. The molecule has 0 amide bonds. The van der Waals surface area contributed by atoms with E-state index in [1.54, 1.807) is 19.1 Å². The maximum absolute atomic E-state index is 11.7. The number of aromatic nitrogens is 1. The molecule has 0 spiro atoms. The van der Waals surface area contributed by atoms with E-state index in [2.05, 4.69) is 0 Å². The Bertz CT molecular complexity index is 650. The fraction of sp³-hybridized carbons (Fsp3) is 0.400. The molecule has 1 unspecified atom stereocenters. The lowest BCUT2D eigenvalue weighted by Gasteiger charge is -2.23. The summed E-state index contributed by atoms with van der Waals surface area (Å²) in [7, 11) is 5.15. The minimum atomic E-state index is -0.943. The van der Waals surface area contributed by atoms with E-state index >= 15 is 0 Å². The Morgan fingerprint density at radius 3 is 2.76 bits per heavy atom. The van der Waals surface area contributed by atoms with Gasteiger partial charge in [0, 0.05) is 36.3 Å². The topological polar surface area (TPSA) is 74.9 Å². The number of aliphatic hydroxyl groups excluding tert-OH is 1. The second-order valence-corrected chi connectivity index (χ2v) is 5.02. The van der Waals surface area contributed by atoms with E-state index in [9.17, 15) is 9.90 Å². The molecule has 2 rings (SSSR count). The number of aliphatic hydroxyl groups is 1. The van der Waals surface area contributed by atoms with Gasteiger partial charge in [-0.1, -0.05) is 0 Å². The summed E-state index contributed by atoms with van der Waals surface area (Å²) in [6.45, 7) is 0.200. The van der Waals surface area contributed by atoms with E-state index in [1.807, 2.05) is 36.0 Å². The summed E-state index contributed by atoms with van der Waals surface area (Å²) in [5.74, 6) is -0.259. The molecule has 1 aromatic heterocycles. The molecule has 6 heteroatoms. The van der Waals surface area contributed by atoms with E-state index in [-0.39, 0.29) is 13.2 Å². The van der Waals surface area contributed by atoms with Crippen molar-refractivity contribution in [2.45, 2.75) is 6.04 Å². The van der Waals surface area contributed by atoms with Crippen LogP contribution in [0.25, 0.3) is 10.9 Å². The van der Waals surface area contributed by atoms with Crippen LogP contribution in [-0.2, 0) is 11.8 Å². The van der Waals surface area contributed by atoms with Gasteiger partial charge in [-0.2, -0.15) is 0 Å². The highest BCUT2D eigenvalue weighted by Gasteiger charge is 2.27. The first-order valence-electron chi connectivity index (χ1n) is 6.66. The molecule has 0 radical (unpaired) electrons. The van der Waals surface area contributed by atoms with Gasteiger partial charge in [0.2, 0.25) is 0 Å². The summed E-state index contributed by atoms with van der Waals surface area (Å²) < 4.78 is 7.12. The highest BCUT2D eigenvalue weighted by molar-refractivity contribution is 5.90. The van der Waals surface area contributed by atoms with Crippen molar-refractivity contribution in [1.29, 1.82) is 0 Å². The minimum absolute atomic E-state index is 0.0889. The minimum Gasteiger partial charge on any atom is -0.497 e. The molecule has 0 aliphatic rings. The van der Waals surface area contributed by atoms with Gasteiger partial charge in [-0.15, -0.1) is 0 Å². The van der Waals surface area contributed by atoms with Crippen molar-refractivity contribution >= 4 is 16.9 Å². The highest BCUT2D eigenvalue weighted by Crippen LogP contribution is 2.31. The Hall–Kier alpha value is -2.05. The fourth-order valence-electron chi connectivity index (χ4n) is 2.59. The summed E-state index contributed by atoms with van der Waals surface area (Å²) in [6, 6.07) is 4.78. The van der Waals surface area contributed by atoms with Crippen molar-refractivity contribution in [3.8, 4) is 5.75 Å².